The summed E-state index contributed by atoms with van der Waals surface area (Å²) in [5.74, 6) is 0. The monoisotopic (exact) mass is 309 g/mol. The zero-order valence-electron chi connectivity index (χ0n) is 14.4. The standard InChI is InChI=1S/C20H27N3/c1-3-14-5-8-19-16(11-14)17(12-21-15-6-7-15)18-13-23(4-2)10-9-20(18)22-19/h5,8,11,15,21H,3-4,6-7,9-10,12-13H2,1-2H3. The van der Waals surface area contributed by atoms with Crippen molar-refractivity contribution in [2.45, 2.75) is 58.7 Å². The second kappa shape index (κ2) is 6.21. The van der Waals surface area contributed by atoms with Crippen LogP contribution in [0.25, 0.3) is 10.9 Å². The number of hydrogen-bond donors (Lipinski definition) is 1. The first kappa shape index (κ1) is 15.1. The zero-order valence-corrected chi connectivity index (χ0v) is 14.4. The van der Waals surface area contributed by atoms with Crippen molar-refractivity contribution in [1.29, 1.82) is 0 Å². The van der Waals surface area contributed by atoms with Crippen LogP contribution in [-0.2, 0) is 25.9 Å². The molecule has 1 aromatic carbocycles. The van der Waals surface area contributed by atoms with E-state index in [4.69, 9.17) is 4.98 Å². The average molecular weight is 309 g/mol. The molecule has 1 aliphatic heterocycles. The number of pyridine rings is 1. The van der Waals surface area contributed by atoms with Crippen LogP contribution in [0.15, 0.2) is 18.2 Å². The van der Waals surface area contributed by atoms with Gasteiger partial charge in [-0.15, -0.1) is 0 Å². The molecule has 0 bridgehead atoms. The van der Waals surface area contributed by atoms with Gasteiger partial charge in [-0.25, -0.2) is 0 Å². The number of aryl methyl sites for hydroxylation is 1. The molecule has 0 unspecified atom stereocenters. The molecule has 0 amide bonds. The maximum Gasteiger partial charge on any atom is 0.0709 e. The fraction of sp³-hybridized carbons (Fsp3) is 0.550. The minimum absolute atomic E-state index is 0.745. The highest BCUT2D eigenvalue weighted by Gasteiger charge is 2.24. The largest absolute Gasteiger partial charge is 0.310 e. The molecule has 1 N–H and O–H groups in total. The molecule has 122 valence electrons. The molecular formula is C20H27N3. The van der Waals surface area contributed by atoms with E-state index in [1.54, 1.807) is 0 Å². The summed E-state index contributed by atoms with van der Waals surface area (Å²) in [6.07, 6.45) is 4.85. The molecule has 3 heteroatoms. The van der Waals surface area contributed by atoms with Gasteiger partial charge in [0.1, 0.15) is 0 Å². The molecule has 2 heterocycles. The zero-order chi connectivity index (χ0) is 15.8. The van der Waals surface area contributed by atoms with E-state index in [-0.39, 0.29) is 0 Å². The van der Waals surface area contributed by atoms with Gasteiger partial charge in [-0.1, -0.05) is 19.9 Å². The normalized spacial score (nSPS) is 18.3. The highest BCUT2D eigenvalue weighted by atomic mass is 15.1. The SMILES string of the molecule is CCc1ccc2nc3c(c(CNC4CC4)c2c1)CN(CC)CC3. The summed E-state index contributed by atoms with van der Waals surface area (Å²) < 4.78 is 0. The van der Waals surface area contributed by atoms with Gasteiger partial charge in [-0.3, -0.25) is 9.88 Å². The third-order valence-corrected chi connectivity index (χ3v) is 5.40. The van der Waals surface area contributed by atoms with Crippen molar-refractivity contribution in [1.82, 2.24) is 15.2 Å². The van der Waals surface area contributed by atoms with Crippen LogP contribution in [0, 0.1) is 0 Å². The summed E-state index contributed by atoms with van der Waals surface area (Å²) in [7, 11) is 0. The Labute approximate surface area is 139 Å². The van der Waals surface area contributed by atoms with Crippen molar-refractivity contribution in [3.05, 3.63) is 40.6 Å². The minimum Gasteiger partial charge on any atom is -0.310 e. The van der Waals surface area contributed by atoms with E-state index in [1.807, 2.05) is 0 Å². The van der Waals surface area contributed by atoms with Crippen molar-refractivity contribution in [2.75, 3.05) is 13.1 Å². The number of likely N-dealkylation sites (N-methyl/N-ethyl adjacent to an activating group) is 1. The van der Waals surface area contributed by atoms with Crippen LogP contribution >= 0.6 is 0 Å². The number of fused-ring (bicyclic) bond motifs is 2. The molecule has 2 aromatic rings. The van der Waals surface area contributed by atoms with Crippen LogP contribution in [0.1, 0.15) is 49.1 Å². The summed E-state index contributed by atoms with van der Waals surface area (Å²) in [4.78, 5) is 7.55. The predicted octanol–water partition coefficient (Wildman–Crippen LogP) is 3.43. The second-order valence-corrected chi connectivity index (χ2v) is 6.99. The Hall–Kier alpha value is -1.45. The first-order valence-corrected chi connectivity index (χ1v) is 9.17. The number of benzene rings is 1. The highest BCUT2D eigenvalue weighted by Crippen LogP contribution is 2.30. The van der Waals surface area contributed by atoms with Gasteiger partial charge >= 0.3 is 0 Å². The van der Waals surface area contributed by atoms with Gasteiger partial charge in [-0.05, 0) is 54.6 Å². The van der Waals surface area contributed by atoms with Crippen molar-refractivity contribution < 1.29 is 0 Å². The number of nitrogens with one attached hydrogen (secondary N) is 1. The third-order valence-electron chi connectivity index (χ3n) is 5.40. The summed E-state index contributed by atoms with van der Waals surface area (Å²) in [6.45, 7) is 8.82. The van der Waals surface area contributed by atoms with Crippen molar-refractivity contribution in [3.8, 4) is 0 Å². The third kappa shape index (κ3) is 3.00. The van der Waals surface area contributed by atoms with E-state index < -0.39 is 0 Å². The summed E-state index contributed by atoms with van der Waals surface area (Å²) >= 11 is 0. The molecule has 3 nitrogen and oxygen atoms in total. The quantitative estimate of drug-likeness (QED) is 0.917. The lowest BCUT2D eigenvalue weighted by Gasteiger charge is -2.29. The van der Waals surface area contributed by atoms with Gasteiger partial charge in [0.25, 0.3) is 0 Å². The number of nitrogens with zero attached hydrogens (tertiary/aromatic N) is 2. The van der Waals surface area contributed by atoms with E-state index in [0.29, 0.717) is 0 Å². The van der Waals surface area contributed by atoms with E-state index in [9.17, 15) is 0 Å². The van der Waals surface area contributed by atoms with Crippen molar-refractivity contribution >= 4 is 10.9 Å². The minimum atomic E-state index is 0.745. The Morgan fingerprint density at radius 2 is 2.13 bits per heavy atom. The molecule has 1 aromatic heterocycles. The van der Waals surface area contributed by atoms with Crippen LogP contribution in [0.3, 0.4) is 0 Å². The van der Waals surface area contributed by atoms with Crippen LogP contribution in [-0.4, -0.2) is 29.0 Å². The Bertz CT molecular complexity index is 718. The lowest BCUT2D eigenvalue weighted by atomic mass is 9.94. The lowest BCUT2D eigenvalue weighted by Crippen LogP contribution is -2.32. The average Bonchev–Trinajstić information content (AvgIpc) is 3.42. The lowest BCUT2D eigenvalue weighted by molar-refractivity contribution is 0.265. The first-order chi connectivity index (χ1) is 11.3. The van der Waals surface area contributed by atoms with Crippen LogP contribution in [0.5, 0.6) is 0 Å². The summed E-state index contributed by atoms with van der Waals surface area (Å²) in [5, 5.41) is 5.11. The molecule has 0 atom stereocenters. The maximum atomic E-state index is 5.01. The molecule has 1 fully saturated rings. The van der Waals surface area contributed by atoms with E-state index >= 15 is 0 Å². The van der Waals surface area contributed by atoms with Gasteiger partial charge < -0.3 is 5.32 Å². The van der Waals surface area contributed by atoms with Gasteiger partial charge in [0.15, 0.2) is 0 Å². The Morgan fingerprint density at radius 1 is 1.26 bits per heavy atom. The van der Waals surface area contributed by atoms with Gasteiger partial charge in [0, 0.05) is 43.2 Å². The van der Waals surface area contributed by atoms with E-state index in [2.05, 4.69) is 42.3 Å². The maximum absolute atomic E-state index is 5.01. The Balaban J connectivity index is 1.82. The molecule has 0 radical (unpaired) electrons. The van der Waals surface area contributed by atoms with E-state index in [0.717, 1.165) is 45.1 Å². The topological polar surface area (TPSA) is 28.2 Å². The number of aromatic nitrogens is 1. The predicted molar refractivity (Wildman–Crippen MR) is 95.6 cm³/mol. The van der Waals surface area contributed by atoms with Crippen LogP contribution in [0.4, 0.5) is 0 Å². The molecule has 4 rings (SSSR count). The summed E-state index contributed by atoms with van der Waals surface area (Å²) in [5.41, 5.74) is 6.92. The number of rotatable bonds is 5. The Morgan fingerprint density at radius 3 is 2.87 bits per heavy atom. The smallest absolute Gasteiger partial charge is 0.0709 e. The molecule has 23 heavy (non-hydrogen) atoms. The first-order valence-electron chi connectivity index (χ1n) is 9.17. The molecular weight excluding hydrogens is 282 g/mol. The van der Waals surface area contributed by atoms with Crippen molar-refractivity contribution in [2.24, 2.45) is 0 Å². The molecule has 2 aliphatic rings. The van der Waals surface area contributed by atoms with Crippen molar-refractivity contribution in [3.63, 3.8) is 0 Å². The van der Waals surface area contributed by atoms with Gasteiger partial charge in [-0.2, -0.15) is 0 Å². The Kier molecular flexibility index (Phi) is 4.08. The molecule has 1 aliphatic carbocycles. The van der Waals surface area contributed by atoms with Crippen LogP contribution < -0.4 is 5.32 Å². The molecule has 1 saturated carbocycles. The fourth-order valence-corrected chi connectivity index (χ4v) is 3.66. The molecule has 0 saturated heterocycles. The molecule has 0 spiro atoms. The summed E-state index contributed by atoms with van der Waals surface area (Å²) in [6, 6.07) is 7.58. The fourth-order valence-electron chi connectivity index (χ4n) is 3.66. The highest BCUT2D eigenvalue weighted by molar-refractivity contribution is 5.84. The van der Waals surface area contributed by atoms with Gasteiger partial charge in [0.2, 0.25) is 0 Å². The van der Waals surface area contributed by atoms with E-state index in [1.165, 1.54) is 46.1 Å². The van der Waals surface area contributed by atoms with Gasteiger partial charge in [0.05, 0.1) is 5.52 Å². The number of hydrogen-bond acceptors (Lipinski definition) is 3. The van der Waals surface area contributed by atoms with Crippen LogP contribution in [0.2, 0.25) is 0 Å². The second-order valence-electron chi connectivity index (χ2n) is 6.99.